The fourth-order valence-corrected chi connectivity index (χ4v) is 1.38. The van der Waals surface area contributed by atoms with E-state index in [-0.39, 0.29) is 11.8 Å². The van der Waals surface area contributed by atoms with E-state index in [0.717, 1.165) is 5.56 Å². The Morgan fingerprint density at radius 1 is 1.29 bits per heavy atom. The van der Waals surface area contributed by atoms with Gasteiger partial charge in [-0.3, -0.25) is 9.59 Å². The summed E-state index contributed by atoms with van der Waals surface area (Å²) in [5.41, 5.74) is 1.04. The Balaban J connectivity index is 2.47. The van der Waals surface area contributed by atoms with Crippen LogP contribution in [0.3, 0.4) is 0 Å². The minimum absolute atomic E-state index is 0.118. The topological polar surface area (TPSA) is 49.4 Å². The summed E-state index contributed by atoms with van der Waals surface area (Å²) in [5, 5.41) is 2.80. The van der Waals surface area contributed by atoms with E-state index in [2.05, 4.69) is 5.32 Å². The molecule has 0 aromatic heterocycles. The number of hydrogen-bond acceptors (Lipinski definition) is 2. The highest BCUT2D eigenvalue weighted by molar-refractivity contribution is 5.86. The number of nitrogens with one attached hydrogen (secondary N) is 1. The average molecular weight is 234 g/mol. The quantitative estimate of drug-likeness (QED) is 0.850. The molecule has 17 heavy (non-hydrogen) atoms. The van der Waals surface area contributed by atoms with Gasteiger partial charge >= 0.3 is 0 Å². The van der Waals surface area contributed by atoms with Crippen LogP contribution in [0, 0.1) is 0 Å². The summed E-state index contributed by atoms with van der Waals surface area (Å²) >= 11 is 0. The fourth-order valence-electron chi connectivity index (χ4n) is 1.38. The Morgan fingerprint density at radius 2 is 1.88 bits per heavy atom. The number of amides is 2. The molecule has 0 saturated heterocycles. The maximum atomic E-state index is 11.8. The van der Waals surface area contributed by atoms with Crippen LogP contribution in [0.1, 0.15) is 19.4 Å². The summed E-state index contributed by atoms with van der Waals surface area (Å²) in [7, 11) is 1.62. The first kappa shape index (κ1) is 13.2. The van der Waals surface area contributed by atoms with Crippen molar-refractivity contribution in [1.82, 2.24) is 10.2 Å². The number of carbonyl (C=O) groups is 2. The van der Waals surface area contributed by atoms with E-state index in [1.165, 1.54) is 11.8 Å². The first-order chi connectivity index (χ1) is 8.02. The summed E-state index contributed by atoms with van der Waals surface area (Å²) in [5.74, 6) is -0.265. The first-order valence-corrected chi connectivity index (χ1v) is 5.57. The number of rotatable bonds is 4. The van der Waals surface area contributed by atoms with Gasteiger partial charge in [0.15, 0.2) is 0 Å². The lowest BCUT2D eigenvalue weighted by atomic mass is 10.2. The van der Waals surface area contributed by atoms with Crippen molar-refractivity contribution >= 4 is 11.8 Å². The van der Waals surface area contributed by atoms with E-state index in [0.29, 0.717) is 6.54 Å². The van der Waals surface area contributed by atoms with Crippen molar-refractivity contribution in [2.45, 2.75) is 26.4 Å². The molecule has 0 unspecified atom stereocenters. The van der Waals surface area contributed by atoms with Gasteiger partial charge in [-0.1, -0.05) is 30.3 Å². The van der Waals surface area contributed by atoms with E-state index in [1.54, 1.807) is 14.0 Å². The molecule has 0 aliphatic rings. The van der Waals surface area contributed by atoms with E-state index in [1.807, 2.05) is 30.3 Å². The lowest BCUT2D eigenvalue weighted by molar-refractivity contribution is -0.136. The average Bonchev–Trinajstić information content (AvgIpc) is 2.35. The van der Waals surface area contributed by atoms with Crippen LogP contribution in [0.25, 0.3) is 0 Å². The molecule has 0 radical (unpaired) electrons. The van der Waals surface area contributed by atoms with Crippen LogP contribution in [0.15, 0.2) is 30.3 Å². The number of carbonyl (C=O) groups excluding carboxylic acids is 2. The third kappa shape index (κ3) is 3.90. The molecule has 0 bridgehead atoms. The van der Waals surface area contributed by atoms with Gasteiger partial charge < -0.3 is 10.2 Å². The van der Waals surface area contributed by atoms with E-state index in [4.69, 9.17) is 0 Å². The van der Waals surface area contributed by atoms with Gasteiger partial charge in [-0.2, -0.15) is 0 Å². The van der Waals surface area contributed by atoms with Crippen LogP contribution >= 0.6 is 0 Å². The zero-order chi connectivity index (χ0) is 12.8. The highest BCUT2D eigenvalue weighted by Crippen LogP contribution is 2.00. The summed E-state index contributed by atoms with van der Waals surface area (Å²) in [6, 6.07) is 9.21. The van der Waals surface area contributed by atoms with Gasteiger partial charge in [-0.05, 0) is 12.5 Å². The van der Waals surface area contributed by atoms with Crippen molar-refractivity contribution in [3.05, 3.63) is 35.9 Å². The second kappa shape index (κ2) is 6.03. The first-order valence-electron chi connectivity index (χ1n) is 5.57. The molecule has 0 fully saturated rings. The summed E-state index contributed by atoms with van der Waals surface area (Å²) in [6.07, 6.45) is 0. The molecule has 0 aliphatic heterocycles. The van der Waals surface area contributed by atoms with Crippen LogP contribution in [-0.2, 0) is 16.1 Å². The van der Waals surface area contributed by atoms with E-state index in [9.17, 15) is 9.59 Å². The highest BCUT2D eigenvalue weighted by atomic mass is 16.2. The summed E-state index contributed by atoms with van der Waals surface area (Å²) in [6.45, 7) is 3.64. The van der Waals surface area contributed by atoms with E-state index < -0.39 is 6.04 Å². The zero-order valence-electron chi connectivity index (χ0n) is 10.4. The number of nitrogens with zero attached hydrogens (tertiary/aromatic N) is 1. The molecule has 4 nitrogen and oxygen atoms in total. The number of benzene rings is 1. The molecule has 0 aliphatic carbocycles. The zero-order valence-corrected chi connectivity index (χ0v) is 10.4. The molecule has 1 atom stereocenters. The van der Waals surface area contributed by atoms with E-state index >= 15 is 0 Å². The Bertz CT molecular complexity index is 390. The molecule has 0 spiro atoms. The molecule has 1 rings (SSSR count). The molecule has 0 saturated carbocycles. The number of likely N-dealkylation sites (N-methyl/N-ethyl adjacent to an activating group) is 1. The van der Waals surface area contributed by atoms with Gasteiger partial charge in [0.2, 0.25) is 11.8 Å². The second-order valence-corrected chi connectivity index (χ2v) is 4.01. The van der Waals surface area contributed by atoms with Crippen molar-refractivity contribution in [1.29, 1.82) is 0 Å². The maximum absolute atomic E-state index is 11.8. The SMILES string of the molecule is CC(=O)N(C)[C@H](C)C(=O)NCc1ccccc1. The smallest absolute Gasteiger partial charge is 0.242 e. The highest BCUT2D eigenvalue weighted by Gasteiger charge is 2.19. The molecule has 2 amide bonds. The largest absolute Gasteiger partial charge is 0.350 e. The lowest BCUT2D eigenvalue weighted by Crippen LogP contribution is -2.44. The Hall–Kier alpha value is -1.84. The van der Waals surface area contributed by atoms with Gasteiger partial charge in [0.1, 0.15) is 6.04 Å². The molecule has 1 aromatic carbocycles. The van der Waals surface area contributed by atoms with Crippen LogP contribution in [-0.4, -0.2) is 29.8 Å². The van der Waals surface area contributed by atoms with Gasteiger partial charge in [0.05, 0.1) is 0 Å². The second-order valence-electron chi connectivity index (χ2n) is 4.01. The van der Waals surface area contributed by atoms with Gasteiger partial charge in [-0.15, -0.1) is 0 Å². The summed E-state index contributed by atoms with van der Waals surface area (Å²) < 4.78 is 0. The molecule has 0 heterocycles. The Labute approximate surface area is 102 Å². The van der Waals surface area contributed by atoms with Crippen LogP contribution in [0.4, 0.5) is 0 Å². The Morgan fingerprint density at radius 3 is 2.41 bits per heavy atom. The van der Waals surface area contributed by atoms with Gasteiger partial charge in [0.25, 0.3) is 0 Å². The number of hydrogen-bond donors (Lipinski definition) is 1. The standard InChI is InChI=1S/C13H18N2O2/c1-10(15(3)11(2)16)13(17)14-9-12-7-5-4-6-8-12/h4-8,10H,9H2,1-3H3,(H,14,17)/t10-/m1/s1. The van der Waals surface area contributed by atoms with Crippen molar-refractivity contribution < 1.29 is 9.59 Å². The molecule has 92 valence electrons. The van der Waals surface area contributed by atoms with Crippen molar-refractivity contribution in [3.8, 4) is 0 Å². The molecule has 1 aromatic rings. The minimum atomic E-state index is -0.448. The monoisotopic (exact) mass is 234 g/mol. The molecular weight excluding hydrogens is 216 g/mol. The predicted octanol–water partition coefficient (Wildman–Crippen LogP) is 1.17. The molecule has 4 heteroatoms. The van der Waals surface area contributed by atoms with Crippen molar-refractivity contribution in [2.24, 2.45) is 0 Å². The van der Waals surface area contributed by atoms with Crippen LogP contribution in [0.2, 0.25) is 0 Å². The summed E-state index contributed by atoms with van der Waals surface area (Å²) in [4.78, 5) is 24.3. The minimum Gasteiger partial charge on any atom is -0.350 e. The molecule has 1 N–H and O–H groups in total. The third-order valence-corrected chi connectivity index (χ3v) is 2.77. The normalized spacial score (nSPS) is 11.7. The van der Waals surface area contributed by atoms with Crippen LogP contribution < -0.4 is 5.32 Å². The third-order valence-electron chi connectivity index (χ3n) is 2.77. The predicted molar refractivity (Wildman–Crippen MR) is 66.2 cm³/mol. The maximum Gasteiger partial charge on any atom is 0.242 e. The molecular formula is C13H18N2O2. The Kier molecular flexibility index (Phi) is 4.69. The van der Waals surface area contributed by atoms with Gasteiger partial charge in [-0.25, -0.2) is 0 Å². The van der Waals surface area contributed by atoms with Crippen LogP contribution in [0.5, 0.6) is 0 Å². The lowest BCUT2D eigenvalue weighted by Gasteiger charge is -2.22. The van der Waals surface area contributed by atoms with Crippen molar-refractivity contribution in [2.75, 3.05) is 7.05 Å². The fraction of sp³-hybridized carbons (Fsp3) is 0.385. The van der Waals surface area contributed by atoms with Crippen molar-refractivity contribution in [3.63, 3.8) is 0 Å². The van der Waals surface area contributed by atoms with Gasteiger partial charge in [0, 0.05) is 20.5 Å².